The lowest BCUT2D eigenvalue weighted by molar-refractivity contribution is -0.249. The van der Waals surface area contributed by atoms with Gasteiger partial charge in [-0.15, -0.1) is 0 Å². The summed E-state index contributed by atoms with van der Waals surface area (Å²) in [4.78, 5) is 0. The Labute approximate surface area is 204 Å². The van der Waals surface area contributed by atoms with Crippen LogP contribution in [0.1, 0.15) is 104 Å². The molecule has 0 spiro atoms. The van der Waals surface area contributed by atoms with E-state index in [0.29, 0.717) is 13.2 Å². The van der Waals surface area contributed by atoms with Crippen LogP contribution in [-0.4, -0.2) is 66.8 Å². The van der Waals surface area contributed by atoms with E-state index < -0.39 is 0 Å². The summed E-state index contributed by atoms with van der Waals surface area (Å²) in [5, 5.41) is 0. The van der Waals surface area contributed by atoms with Crippen molar-refractivity contribution >= 4 is 0 Å². The Hall–Kier alpha value is -0.280. The maximum Gasteiger partial charge on any atom is 0.160 e. The quantitative estimate of drug-likeness (QED) is 0.105. The van der Waals surface area contributed by atoms with Crippen LogP contribution in [0.4, 0.5) is 0 Å². The number of unbranched alkanes of at least 4 members (excludes halogenated alkanes) is 6. The van der Waals surface area contributed by atoms with Crippen molar-refractivity contribution < 1.29 is 33.2 Å². The van der Waals surface area contributed by atoms with Gasteiger partial charge in [0, 0.05) is 41.7 Å². The van der Waals surface area contributed by atoms with Crippen LogP contribution in [-0.2, 0) is 33.2 Å². The first-order valence-electron chi connectivity index (χ1n) is 13.1. The van der Waals surface area contributed by atoms with Gasteiger partial charge < -0.3 is 33.2 Å². The predicted octanol–water partition coefficient (Wildman–Crippen LogP) is 6.43. The Morgan fingerprint density at radius 1 is 0.424 bits per heavy atom. The van der Waals surface area contributed by atoms with Crippen LogP contribution in [0.5, 0.6) is 0 Å². The Balaban J connectivity index is 4.29. The number of hydrogen-bond acceptors (Lipinski definition) is 7. The number of rotatable bonds is 26. The van der Waals surface area contributed by atoms with Crippen LogP contribution in [0.15, 0.2) is 0 Å². The minimum absolute atomic E-state index is 0.0909. The van der Waals surface area contributed by atoms with E-state index in [4.69, 9.17) is 33.2 Å². The third kappa shape index (κ3) is 19.7. The lowest BCUT2D eigenvalue weighted by Crippen LogP contribution is -2.27. The molecule has 0 saturated carbocycles. The molecule has 0 amide bonds. The number of methoxy groups -OCH3 is 4. The molecule has 0 N–H and O–H groups in total. The first-order valence-corrected chi connectivity index (χ1v) is 13.1. The minimum atomic E-state index is -0.193. The largest absolute Gasteiger partial charge is 0.356 e. The van der Waals surface area contributed by atoms with Crippen LogP contribution in [0, 0.1) is 0 Å². The second-order valence-electron chi connectivity index (χ2n) is 8.52. The van der Waals surface area contributed by atoms with Crippen molar-refractivity contribution in [1.29, 1.82) is 0 Å². The molecule has 33 heavy (non-hydrogen) atoms. The standard InChI is InChI=1S/C26H54O7/c1-7-21-31-25(19-15-11-9-13-17-23(27-3)28-4)33-26(32-22-8-2)20-16-12-10-14-18-24(29-5)30-6/h23-26H,7-22H2,1-6H3. The lowest BCUT2D eigenvalue weighted by Gasteiger charge is -2.25. The monoisotopic (exact) mass is 478 g/mol. The zero-order chi connectivity index (χ0) is 24.6. The molecule has 0 saturated heterocycles. The van der Waals surface area contributed by atoms with Crippen LogP contribution >= 0.6 is 0 Å². The van der Waals surface area contributed by atoms with Gasteiger partial charge in [-0.25, -0.2) is 0 Å². The van der Waals surface area contributed by atoms with Crippen molar-refractivity contribution in [3.05, 3.63) is 0 Å². The molecule has 0 aromatic heterocycles. The summed E-state index contributed by atoms with van der Waals surface area (Å²) in [7, 11) is 6.76. The lowest BCUT2D eigenvalue weighted by atomic mass is 10.1. The highest BCUT2D eigenvalue weighted by atomic mass is 16.8. The molecule has 0 fully saturated rings. The van der Waals surface area contributed by atoms with Crippen molar-refractivity contribution in [2.75, 3.05) is 41.7 Å². The average Bonchev–Trinajstić information content (AvgIpc) is 2.84. The second kappa shape index (κ2) is 24.8. The van der Waals surface area contributed by atoms with Gasteiger partial charge in [-0.3, -0.25) is 0 Å². The van der Waals surface area contributed by atoms with Gasteiger partial charge in [0.15, 0.2) is 25.2 Å². The molecule has 200 valence electrons. The van der Waals surface area contributed by atoms with Gasteiger partial charge in [-0.1, -0.05) is 39.5 Å². The van der Waals surface area contributed by atoms with Crippen molar-refractivity contribution in [3.8, 4) is 0 Å². The first-order chi connectivity index (χ1) is 16.1. The molecule has 0 radical (unpaired) electrons. The van der Waals surface area contributed by atoms with Gasteiger partial charge in [0.2, 0.25) is 0 Å². The smallest absolute Gasteiger partial charge is 0.160 e. The zero-order valence-electron chi connectivity index (χ0n) is 22.5. The maximum absolute atomic E-state index is 6.29. The molecule has 0 aliphatic carbocycles. The number of ether oxygens (including phenoxy) is 7. The Morgan fingerprint density at radius 3 is 1.00 bits per heavy atom. The summed E-state index contributed by atoms with van der Waals surface area (Å²) < 4.78 is 39.3. The third-order valence-electron chi connectivity index (χ3n) is 5.63. The van der Waals surface area contributed by atoms with E-state index in [2.05, 4.69) is 13.8 Å². The molecular weight excluding hydrogens is 424 g/mol. The van der Waals surface area contributed by atoms with Gasteiger partial charge in [0.05, 0.1) is 0 Å². The van der Waals surface area contributed by atoms with E-state index in [1.165, 1.54) is 0 Å². The normalized spacial score (nSPS) is 13.8. The molecule has 0 rings (SSSR count). The molecule has 2 atom stereocenters. The second-order valence-corrected chi connectivity index (χ2v) is 8.52. The summed E-state index contributed by atoms with van der Waals surface area (Å²) >= 11 is 0. The highest BCUT2D eigenvalue weighted by Gasteiger charge is 2.18. The summed E-state index contributed by atoms with van der Waals surface area (Å²) in [6.07, 6.45) is 14.1. The third-order valence-corrected chi connectivity index (χ3v) is 5.63. The highest BCUT2D eigenvalue weighted by molar-refractivity contribution is 4.56. The van der Waals surface area contributed by atoms with Gasteiger partial charge in [-0.05, 0) is 64.2 Å². The number of hydrogen-bond donors (Lipinski definition) is 0. The predicted molar refractivity (Wildman–Crippen MR) is 132 cm³/mol. The van der Waals surface area contributed by atoms with E-state index in [1.807, 2.05) is 0 Å². The van der Waals surface area contributed by atoms with Crippen LogP contribution in [0.3, 0.4) is 0 Å². The Bertz CT molecular complexity index is 342. The summed E-state index contributed by atoms with van der Waals surface area (Å²) in [5.41, 5.74) is 0. The van der Waals surface area contributed by atoms with E-state index in [9.17, 15) is 0 Å². The molecule has 0 aliphatic rings. The Morgan fingerprint density at radius 2 is 0.727 bits per heavy atom. The van der Waals surface area contributed by atoms with Crippen molar-refractivity contribution in [2.24, 2.45) is 0 Å². The molecule has 2 unspecified atom stereocenters. The van der Waals surface area contributed by atoms with Crippen LogP contribution in [0.2, 0.25) is 0 Å². The summed E-state index contributed by atoms with van der Waals surface area (Å²) in [6, 6.07) is 0. The molecule has 0 bridgehead atoms. The highest BCUT2D eigenvalue weighted by Crippen LogP contribution is 2.18. The van der Waals surface area contributed by atoms with Gasteiger partial charge in [-0.2, -0.15) is 0 Å². The van der Waals surface area contributed by atoms with E-state index in [-0.39, 0.29) is 25.2 Å². The fraction of sp³-hybridized carbons (Fsp3) is 1.00. The van der Waals surface area contributed by atoms with E-state index in [0.717, 1.165) is 89.9 Å². The zero-order valence-corrected chi connectivity index (χ0v) is 22.5. The Kier molecular flexibility index (Phi) is 24.6. The fourth-order valence-corrected chi connectivity index (χ4v) is 3.66. The van der Waals surface area contributed by atoms with Crippen molar-refractivity contribution in [2.45, 2.75) is 129 Å². The van der Waals surface area contributed by atoms with Gasteiger partial charge in [0.1, 0.15) is 0 Å². The molecular formula is C26H54O7. The van der Waals surface area contributed by atoms with Gasteiger partial charge >= 0.3 is 0 Å². The van der Waals surface area contributed by atoms with E-state index in [1.54, 1.807) is 28.4 Å². The summed E-state index contributed by atoms with van der Waals surface area (Å²) in [5.74, 6) is 0. The average molecular weight is 479 g/mol. The molecule has 7 nitrogen and oxygen atoms in total. The van der Waals surface area contributed by atoms with Gasteiger partial charge in [0.25, 0.3) is 0 Å². The maximum atomic E-state index is 6.29. The van der Waals surface area contributed by atoms with E-state index >= 15 is 0 Å². The summed E-state index contributed by atoms with van der Waals surface area (Å²) in [6.45, 7) is 5.69. The minimum Gasteiger partial charge on any atom is -0.356 e. The van der Waals surface area contributed by atoms with Crippen LogP contribution < -0.4 is 0 Å². The van der Waals surface area contributed by atoms with Crippen molar-refractivity contribution in [3.63, 3.8) is 0 Å². The molecule has 0 heterocycles. The SMILES string of the molecule is CCCOC(CCCCCCC(OC)OC)OC(CCCCCCC(OC)OC)OCCC. The van der Waals surface area contributed by atoms with Crippen LogP contribution in [0.25, 0.3) is 0 Å². The first kappa shape index (κ1) is 32.7. The topological polar surface area (TPSA) is 64.6 Å². The molecule has 7 heteroatoms. The van der Waals surface area contributed by atoms with Crippen molar-refractivity contribution in [1.82, 2.24) is 0 Å². The molecule has 0 aliphatic heterocycles. The molecule has 0 aromatic carbocycles. The molecule has 0 aromatic rings. The fourth-order valence-electron chi connectivity index (χ4n) is 3.66.